The van der Waals surface area contributed by atoms with Crippen LogP contribution in [0.5, 0.6) is 0 Å². The molecule has 110 valence electrons. The summed E-state index contributed by atoms with van der Waals surface area (Å²) >= 11 is 0. The number of rotatable bonds is 2. The molecule has 7 heteroatoms. The highest BCUT2D eigenvalue weighted by Crippen LogP contribution is 2.15. The van der Waals surface area contributed by atoms with Crippen LogP contribution in [0.25, 0.3) is 0 Å². The molecule has 1 aromatic heterocycles. The lowest BCUT2D eigenvalue weighted by molar-refractivity contribution is -0.135. The summed E-state index contributed by atoms with van der Waals surface area (Å²) in [5.41, 5.74) is 0.253. The standard InChI is InChI=1S/C13H20N4O3/c1-9-14-10(8-20-9)12(18)17-6-5-16(4)7-11(17)13(19)15(2)3/h8,11H,5-7H2,1-4H3. The fourth-order valence-electron chi connectivity index (χ4n) is 2.28. The van der Waals surface area contributed by atoms with Crippen molar-refractivity contribution in [2.45, 2.75) is 13.0 Å². The van der Waals surface area contributed by atoms with Crippen molar-refractivity contribution in [2.75, 3.05) is 40.8 Å². The molecule has 0 saturated carbocycles. The van der Waals surface area contributed by atoms with E-state index in [1.807, 2.05) is 11.9 Å². The zero-order chi connectivity index (χ0) is 14.9. The van der Waals surface area contributed by atoms with E-state index in [0.717, 1.165) is 6.54 Å². The van der Waals surface area contributed by atoms with Gasteiger partial charge in [0.25, 0.3) is 5.91 Å². The lowest BCUT2D eigenvalue weighted by Gasteiger charge is -2.39. The van der Waals surface area contributed by atoms with Gasteiger partial charge in [0.1, 0.15) is 12.3 Å². The van der Waals surface area contributed by atoms with Gasteiger partial charge in [-0.25, -0.2) is 4.98 Å². The molecule has 0 aromatic carbocycles. The number of aromatic nitrogens is 1. The molecular formula is C13H20N4O3. The van der Waals surface area contributed by atoms with E-state index in [0.29, 0.717) is 19.0 Å². The lowest BCUT2D eigenvalue weighted by atomic mass is 10.1. The van der Waals surface area contributed by atoms with E-state index in [1.54, 1.807) is 25.9 Å². The molecule has 7 nitrogen and oxygen atoms in total. The first kappa shape index (κ1) is 14.5. The average molecular weight is 280 g/mol. The molecule has 2 heterocycles. The third-order valence-corrected chi connectivity index (χ3v) is 3.41. The van der Waals surface area contributed by atoms with E-state index in [2.05, 4.69) is 4.98 Å². The third kappa shape index (κ3) is 2.82. The minimum atomic E-state index is -0.478. The van der Waals surface area contributed by atoms with E-state index in [4.69, 9.17) is 4.42 Å². The highest BCUT2D eigenvalue weighted by atomic mass is 16.3. The van der Waals surface area contributed by atoms with Gasteiger partial charge in [0.15, 0.2) is 11.6 Å². The van der Waals surface area contributed by atoms with Crippen molar-refractivity contribution in [1.29, 1.82) is 0 Å². The van der Waals surface area contributed by atoms with Crippen LogP contribution in [-0.2, 0) is 4.79 Å². The Hall–Kier alpha value is -1.89. The maximum atomic E-state index is 12.5. The second-order valence-corrected chi connectivity index (χ2v) is 5.26. The van der Waals surface area contributed by atoms with Crippen LogP contribution in [-0.4, -0.2) is 78.3 Å². The highest BCUT2D eigenvalue weighted by Gasteiger charge is 2.36. The second-order valence-electron chi connectivity index (χ2n) is 5.26. The highest BCUT2D eigenvalue weighted by molar-refractivity contribution is 5.96. The van der Waals surface area contributed by atoms with Gasteiger partial charge in [0, 0.05) is 40.7 Å². The molecule has 0 bridgehead atoms. The Kier molecular flexibility index (Phi) is 4.08. The molecular weight excluding hydrogens is 260 g/mol. The van der Waals surface area contributed by atoms with Crippen LogP contribution in [0, 0.1) is 6.92 Å². The molecule has 0 spiro atoms. The van der Waals surface area contributed by atoms with Gasteiger partial charge >= 0.3 is 0 Å². The molecule has 0 aliphatic carbocycles. The Morgan fingerprint density at radius 3 is 2.65 bits per heavy atom. The molecule has 20 heavy (non-hydrogen) atoms. The fraction of sp³-hybridized carbons (Fsp3) is 0.615. The average Bonchev–Trinajstić information content (AvgIpc) is 2.83. The minimum absolute atomic E-state index is 0.0786. The number of oxazole rings is 1. The smallest absolute Gasteiger partial charge is 0.276 e. The first-order chi connectivity index (χ1) is 9.40. The number of piperazine rings is 1. The predicted octanol–water partition coefficient (Wildman–Crippen LogP) is -0.173. The van der Waals surface area contributed by atoms with E-state index < -0.39 is 6.04 Å². The van der Waals surface area contributed by atoms with Gasteiger partial charge in [-0.3, -0.25) is 9.59 Å². The Morgan fingerprint density at radius 1 is 1.40 bits per heavy atom. The zero-order valence-corrected chi connectivity index (χ0v) is 12.3. The maximum absolute atomic E-state index is 12.5. The predicted molar refractivity (Wildman–Crippen MR) is 72.3 cm³/mol. The molecule has 1 fully saturated rings. The molecule has 1 unspecified atom stereocenters. The molecule has 2 amide bonds. The number of carbonyl (C=O) groups is 2. The second kappa shape index (κ2) is 5.62. The number of carbonyl (C=O) groups excluding carboxylic acids is 2. The van der Waals surface area contributed by atoms with Crippen LogP contribution >= 0.6 is 0 Å². The van der Waals surface area contributed by atoms with Crippen LogP contribution in [0.15, 0.2) is 10.7 Å². The van der Waals surface area contributed by atoms with E-state index in [1.165, 1.54) is 11.2 Å². The summed E-state index contributed by atoms with van der Waals surface area (Å²) in [5, 5.41) is 0. The number of aryl methyl sites for hydroxylation is 1. The van der Waals surface area contributed by atoms with Crippen LogP contribution in [0.4, 0.5) is 0 Å². The summed E-state index contributed by atoms with van der Waals surface area (Å²) in [5.74, 6) is 0.109. The molecule has 1 aromatic rings. The molecule has 2 rings (SSSR count). The van der Waals surface area contributed by atoms with Gasteiger partial charge in [-0.2, -0.15) is 0 Å². The Morgan fingerprint density at radius 2 is 2.10 bits per heavy atom. The van der Waals surface area contributed by atoms with Crippen molar-refractivity contribution in [2.24, 2.45) is 0 Å². The van der Waals surface area contributed by atoms with Crippen molar-refractivity contribution in [1.82, 2.24) is 19.7 Å². The topological polar surface area (TPSA) is 69.9 Å². The first-order valence-corrected chi connectivity index (χ1v) is 6.53. The summed E-state index contributed by atoms with van der Waals surface area (Å²) in [7, 11) is 5.33. The largest absolute Gasteiger partial charge is 0.448 e. The fourth-order valence-corrected chi connectivity index (χ4v) is 2.28. The molecule has 0 radical (unpaired) electrons. The molecule has 1 aliphatic rings. The lowest BCUT2D eigenvalue weighted by Crippen LogP contribution is -2.59. The summed E-state index contributed by atoms with van der Waals surface area (Å²) < 4.78 is 5.08. The van der Waals surface area contributed by atoms with E-state index in [-0.39, 0.29) is 17.5 Å². The number of hydrogen-bond acceptors (Lipinski definition) is 5. The molecule has 0 N–H and O–H groups in total. The summed E-state index contributed by atoms with van der Waals surface area (Å²) in [6, 6.07) is -0.478. The Balaban J connectivity index is 2.22. The quantitative estimate of drug-likeness (QED) is 0.752. The van der Waals surface area contributed by atoms with Crippen molar-refractivity contribution >= 4 is 11.8 Å². The van der Waals surface area contributed by atoms with Crippen molar-refractivity contribution in [3.8, 4) is 0 Å². The number of amides is 2. The molecule has 1 atom stereocenters. The maximum Gasteiger partial charge on any atom is 0.276 e. The van der Waals surface area contributed by atoms with Crippen molar-refractivity contribution < 1.29 is 14.0 Å². The van der Waals surface area contributed by atoms with Crippen LogP contribution < -0.4 is 0 Å². The SMILES string of the molecule is Cc1nc(C(=O)N2CCN(C)CC2C(=O)N(C)C)co1. The van der Waals surface area contributed by atoms with Gasteiger partial charge in [0.05, 0.1) is 0 Å². The molecule has 1 aliphatic heterocycles. The van der Waals surface area contributed by atoms with E-state index in [9.17, 15) is 9.59 Å². The monoisotopic (exact) mass is 280 g/mol. The molecule has 1 saturated heterocycles. The van der Waals surface area contributed by atoms with Gasteiger partial charge < -0.3 is 19.1 Å². The van der Waals surface area contributed by atoms with Gasteiger partial charge in [-0.05, 0) is 7.05 Å². The first-order valence-electron chi connectivity index (χ1n) is 6.53. The van der Waals surface area contributed by atoms with E-state index >= 15 is 0 Å². The summed E-state index contributed by atoms with van der Waals surface area (Å²) in [6.45, 7) is 3.45. The van der Waals surface area contributed by atoms with Crippen LogP contribution in [0.2, 0.25) is 0 Å². The number of likely N-dealkylation sites (N-methyl/N-ethyl adjacent to an activating group) is 2. The normalized spacial score (nSPS) is 20.0. The van der Waals surface area contributed by atoms with Crippen LogP contribution in [0.3, 0.4) is 0 Å². The van der Waals surface area contributed by atoms with Gasteiger partial charge in [0.2, 0.25) is 5.91 Å². The van der Waals surface area contributed by atoms with Crippen LogP contribution in [0.1, 0.15) is 16.4 Å². The summed E-state index contributed by atoms with van der Waals surface area (Å²) in [6.07, 6.45) is 1.34. The Labute approximate surface area is 118 Å². The third-order valence-electron chi connectivity index (χ3n) is 3.41. The number of hydrogen-bond donors (Lipinski definition) is 0. The Bertz CT molecular complexity index is 511. The zero-order valence-electron chi connectivity index (χ0n) is 12.3. The minimum Gasteiger partial charge on any atom is -0.448 e. The van der Waals surface area contributed by atoms with Crippen molar-refractivity contribution in [3.05, 3.63) is 17.8 Å². The van der Waals surface area contributed by atoms with Gasteiger partial charge in [-0.15, -0.1) is 0 Å². The number of nitrogens with zero attached hydrogens (tertiary/aromatic N) is 4. The summed E-state index contributed by atoms with van der Waals surface area (Å²) in [4.78, 5) is 33.9. The van der Waals surface area contributed by atoms with Gasteiger partial charge in [-0.1, -0.05) is 0 Å². The van der Waals surface area contributed by atoms with Crippen molar-refractivity contribution in [3.63, 3.8) is 0 Å².